The number of carboxylic acid groups (broad SMARTS) is 1. The first-order chi connectivity index (χ1) is 9.11. The van der Waals surface area contributed by atoms with Crippen LogP contribution in [-0.2, 0) is 0 Å². The van der Waals surface area contributed by atoms with Crippen molar-refractivity contribution in [3.63, 3.8) is 0 Å². The average Bonchev–Trinajstić information content (AvgIpc) is 2.77. The number of carbonyl (C=O) groups is 1. The molecule has 0 radical (unpaired) electrons. The molecule has 106 valence electrons. The largest absolute Gasteiger partial charge is 0.476 e. The molecule has 1 aliphatic rings. The van der Waals surface area contributed by atoms with Crippen LogP contribution in [0.5, 0.6) is 0 Å². The zero-order valence-corrected chi connectivity index (χ0v) is 11.6. The van der Waals surface area contributed by atoms with E-state index >= 15 is 0 Å². The molecule has 0 spiro atoms. The molecule has 1 aliphatic heterocycles. The Balaban J connectivity index is 1.77. The second-order valence-corrected chi connectivity index (χ2v) is 5.34. The fraction of sp³-hybridized carbons (Fsp3) is 0.769. The van der Waals surface area contributed by atoms with E-state index in [1.54, 1.807) is 4.68 Å². The van der Waals surface area contributed by atoms with Crippen molar-refractivity contribution in [3.8, 4) is 0 Å². The maximum Gasteiger partial charge on any atom is 0.358 e. The van der Waals surface area contributed by atoms with Gasteiger partial charge in [0.15, 0.2) is 5.69 Å². The smallest absolute Gasteiger partial charge is 0.358 e. The van der Waals surface area contributed by atoms with E-state index in [1.165, 1.54) is 31.9 Å². The van der Waals surface area contributed by atoms with Crippen LogP contribution in [0.4, 0.5) is 0 Å². The predicted octanol–water partition coefficient (Wildman–Crippen LogP) is 1.80. The van der Waals surface area contributed by atoms with Crippen LogP contribution in [0.2, 0.25) is 0 Å². The van der Waals surface area contributed by atoms with E-state index in [0.29, 0.717) is 6.04 Å². The maximum atomic E-state index is 10.7. The third-order valence-electron chi connectivity index (χ3n) is 3.84. The Labute approximate surface area is 113 Å². The molecule has 0 aromatic carbocycles. The molecule has 0 aliphatic carbocycles. The molecule has 1 fully saturated rings. The highest BCUT2D eigenvalue weighted by atomic mass is 16.4. The first-order valence-corrected chi connectivity index (χ1v) is 7.01. The first-order valence-electron chi connectivity index (χ1n) is 7.01. The Bertz CT molecular complexity index is 426. The fourth-order valence-corrected chi connectivity index (χ4v) is 2.44. The summed E-state index contributed by atoms with van der Waals surface area (Å²) in [5, 5.41) is 16.3. The van der Waals surface area contributed by atoms with Crippen molar-refractivity contribution in [2.45, 2.75) is 51.6 Å². The lowest BCUT2D eigenvalue weighted by atomic mass is 10.0. The molecular formula is C13H22N4O2. The highest BCUT2D eigenvalue weighted by Crippen LogP contribution is 2.24. The number of rotatable bonds is 7. The van der Waals surface area contributed by atoms with Gasteiger partial charge in [0.25, 0.3) is 0 Å². The highest BCUT2D eigenvalue weighted by molar-refractivity contribution is 5.84. The van der Waals surface area contributed by atoms with E-state index in [9.17, 15) is 4.79 Å². The normalized spacial score (nSPS) is 18.2. The molecule has 1 atom stereocenters. The van der Waals surface area contributed by atoms with Gasteiger partial charge in [-0.25, -0.2) is 9.48 Å². The SMILES string of the molecule is CCCCCC(C)N1CC(n2cc(C(=O)O)nn2)C1. The maximum absolute atomic E-state index is 10.7. The minimum atomic E-state index is -1.02. The van der Waals surface area contributed by atoms with Crippen molar-refractivity contribution in [1.29, 1.82) is 0 Å². The minimum Gasteiger partial charge on any atom is -0.476 e. The lowest BCUT2D eigenvalue weighted by Crippen LogP contribution is -2.51. The molecule has 19 heavy (non-hydrogen) atoms. The molecule has 6 nitrogen and oxygen atoms in total. The van der Waals surface area contributed by atoms with Crippen LogP contribution >= 0.6 is 0 Å². The van der Waals surface area contributed by atoms with E-state index in [0.717, 1.165) is 13.1 Å². The van der Waals surface area contributed by atoms with Crippen LogP contribution in [0.3, 0.4) is 0 Å². The lowest BCUT2D eigenvalue weighted by molar-refractivity contribution is 0.0543. The van der Waals surface area contributed by atoms with E-state index in [1.807, 2.05) is 0 Å². The quantitative estimate of drug-likeness (QED) is 0.762. The number of nitrogens with zero attached hydrogens (tertiary/aromatic N) is 4. The summed E-state index contributed by atoms with van der Waals surface area (Å²) in [6.45, 7) is 6.36. The Morgan fingerprint density at radius 1 is 1.53 bits per heavy atom. The standard InChI is InChI=1S/C13H22N4O2/c1-3-4-5-6-10(2)16-7-11(8-16)17-9-12(13(18)19)14-15-17/h9-11H,3-8H2,1-2H3,(H,18,19). The van der Waals surface area contributed by atoms with Gasteiger partial charge in [0.1, 0.15) is 0 Å². The molecule has 1 saturated heterocycles. The van der Waals surface area contributed by atoms with Crippen LogP contribution < -0.4 is 0 Å². The van der Waals surface area contributed by atoms with E-state index in [-0.39, 0.29) is 11.7 Å². The number of aromatic nitrogens is 3. The summed E-state index contributed by atoms with van der Waals surface area (Å²) in [5.41, 5.74) is 0.0226. The molecule has 0 bridgehead atoms. The summed E-state index contributed by atoms with van der Waals surface area (Å²) < 4.78 is 1.68. The summed E-state index contributed by atoms with van der Waals surface area (Å²) in [6.07, 6.45) is 6.59. The van der Waals surface area contributed by atoms with Crippen LogP contribution in [0.15, 0.2) is 6.20 Å². The summed E-state index contributed by atoms with van der Waals surface area (Å²) in [7, 11) is 0. The average molecular weight is 266 g/mol. The minimum absolute atomic E-state index is 0.0226. The Morgan fingerprint density at radius 2 is 2.26 bits per heavy atom. The molecule has 1 N–H and O–H groups in total. The summed E-state index contributed by atoms with van der Waals surface area (Å²) >= 11 is 0. The second-order valence-electron chi connectivity index (χ2n) is 5.34. The number of likely N-dealkylation sites (tertiary alicyclic amines) is 1. The number of hydrogen-bond donors (Lipinski definition) is 1. The third kappa shape index (κ3) is 3.32. The van der Waals surface area contributed by atoms with Gasteiger partial charge in [-0.05, 0) is 13.3 Å². The molecule has 2 heterocycles. The van der Waals surface area contributed by atoms with Gasteiger partial charge in [-0.1, -0.05) is 31.4 Å². The lowest BCUT2D eigenvalue weighted by Gasteiger charge is -2.42. The molecule has 1 aromatic rings. The van der Waals surface area contributed by atoms with Crippen molar-refractivity contribution in [3.05, 3.63) is 11.9 Å². The van der Waals surface area contributed by atoms with Gasteiger partial charge >= 0.3 is 5.97 Å². The topological polar surface area (TPSA) is 71.2 Å². The zero-order valence-electron chi connectivity index (χ0n) is 11.6. The number of unbranched alkanes of at least 4 members (excludes halogenated alkanes) is 2. The highest BCUT2D eigenvalue weighted by Gasteiger charge is 2.32. The molecule has 0 amide bonds. The van der Waals surface area contributed by atoms with Crippen molar-refractivity contribution < 1.29 is 9.90 Å². The zero-order chi connectivity index (χ0) is 13.8. The van der Waals surface area contributed by atoms with Gasteiger partial charge in [0.2, 0.25) is 0 Å². The molecule has 6 heteroatoms. The Kier molecular flexibility index (Phi) is 4.52. The van der Waals surface area contributed by atoms with Gasteiger partial charge in [-0.15, -0.1) is 5.10 Å². The predicted molar refractivity (Wildman–Crippen MR) is 71.2 cm³/mol. The summed E-state index contributed by atoms with van der Waals surface area (Å²) in [4.78, 5) is 13.2. The number of carboxylic acids is 1. The molecule has 2 rings (SSSR count). The van der Waals surface area contributed by atoms with Gasteiger partial charge < -0.3 is 5.11 Å². The van der Waals surface area contributed by atoms with E-state index in [2.05, 4.69) is 29.1 Å². The number of aromatic carboxylic acids is 1. The summed E-state index contributed by atoms with van der Waals surface area (Å²) in [6, 6.07) is 0.875. The van der Waals surface area contributed by atoms with Crippen LogP contribution in [-0.4, -0.2) is 50.1 Å². The Hall–Kier alpha value is -1.43. The Morgan fingerprint density at radius 3 is 2.84 bits per heavy atom. The van der Waals surface area contributed by atoms with Gasteiger partial charge in [-0.3, -0.25) is 4.90 Å². The molecule has 0 saturated carbocycles. The van der Waals surface area contributed by atoms with E-state index in [4.69, 9.17) is 5.11 Å². The van der Waals surface area contributed by atoms with Crippen molar-refractivity contribution in [2.24, 2.45) is 0 Å². The van der Waals surface area contributed by atoms with Gasteiger partial charge in [-0.2, -0.15) is 0 Å². The molecule has 1 unspecified atom stereocenters. The van der Waals surface area contributed by atoms with Crippen molar-refractivity contribution >= 4 is 5.97 Å². The fourth-order valence-electron chi connectivity index (χ4n) is 2.44. The third-order valence-corrected chi connectivity index (χ3v) is 3.84. The van der Waals surface area contributed by atoms with Gasteiger partial charge in [0.05, 0.1) is 12.2 Å². The van der Waals surface area contributed by atoms with Gasteiger partial charge in [0, 0.05) is 19.1 Å². The van der Waals surface area contributed by atoms with E-state index < -0.39 is 5.97 Å². The molecule has 1 aromatic heterocycles. The van der Waals surface area contributed by atoms with Crippen LogP contribution in [0.1, 0.15) is 56.1 Å². The van der Waals surface area contributed by atoms with Crippen molar-refractivity contribution in [2.75, 3.05) is 13.1 Å². The van der Waals surface area contributed by atoms with Crippen LogP contribution in [0, 0.1) is 0 Å². The second kappa shape index (κ2) is 6.14. The van der Waals surface area contributed by atoms with Crippen molar-refractivity contribution in [1.82, 2.24) is 19.9 Å². The molecular weight excluding hydrogens is 244 g/mol. The summed E-state index contributed by atoms with van der Waals surface area (Å²) in [5.74, 6) is -1.02. The van der Waals surface area contributed by atoms with Crippen LogP contribution in [0.25, 0.3) is 0 Å². The monoisotopic (exact) mass is 266 g/mol. The number of hydrogen-bond acceptors (Lipinski definition) is 4. The first kappa shape index (κ1) is 14.0.